The summed E-state index contributed by atoms with van der Waals surface area (Å²) in [4.78, 5) is 22.9. The number of nitrogens with one attached hydrogen (secondary N) is 1. The van der Waals surface area contributed by atoms with Crippen LogP contribution in [0.5, 0.6) is 5.75 Å². The standard InChI is InChI=1S/C16H19ClN4O2/c1-10-7-12(20-16(19-10)21(2)3)9-18-15(22)13-8-11(17)5-6-14(13)23-4/h5-8H,9H2,1-4H3,(H,18,22). The highest BCUT2D eigenvalue weighted by Gasteiger charge is 2.13. The molecule has 0 radical (unpaired) electrons. The van der Waals surface area contributed by atoms with Gasteiger partial charge in [-0.1, -0.05) is 11.6 Å². The molecule has 0 fully saturated rings. The zero-order chi connectivity index (χ0) is 17.0. The van der Waals surface area contributed by atoms with E-state index in [1.165, 1.54) is 7.11 Å². The first-order valence-electron chi connectivity index (χ1n) is 7.04. The molecule has 0 bridgehead atoms. The van der Waals surface area contributed by atoms with Crippen LogP contribution in [0.25, 0.3) is 0 Å². The van der Waals surface area contributed by atoms with Crippen LogP contribution >= 0.6 is 11.6 Å². The summed E-state index contributed by atoms with van der Waals surface area (Å²) in [6, 6.07) is 6.75. The van der Waals surface area contributed by atoms with E-state index in [0.717, 1.165) is 11.4 Å². The van der Waals surface area contributed by atoms with Gasteiger partial charge in [-0.2, -0.15) is 0 Å². The summed E-state index contributed by atoms with van der Waals surface area (Å²) in [5, 5.41) is 3.30. The summed E-state index contributed by atoms with van der Waals surface area (Å²) in [6.45, 7) is 2.18. The van der Waals surface area contributed by atoms with Crippen molar-refractivity contribution in [2.75, 3.05) is 26.1 Å². The van der Waals surface area contributed by atoms with Crippen LogP contribution in [0.2, 0.25) is 5.02 Å². The molecule has 2 rings (SSSR count). The number of amides is 1. The minimum atomic E-state index is -0.271. The highest BCUT2D eigenvalue weighted by molar-refractivity contribution is 6.31. The van der Waals surface area contributed by atoms with E-state index in [-0.39, 0.29) is 5.91 Å². The Morgan fingerprint density at radius 3 is 2.70 bits per heavy atom. The molecular formula is C16H19ClN4O2. The molecule has 1 heterocycles. The summed E-state index contributed by atoms with van der Waals surface area (Å²) in [5.41, 5.74) is 1.96. The summed E-state index contributed by atoms with van der Waals surface area (Å²) in [5.74, 6) is 0.807. The first-order valence-corrected chi connectivity index (χ1v) is 7.42. The zero-order valence-electron chi connectivity index (χ0n) is 13.6. The number of nitrogens with zero attached hydrogens (tertiary/aromatic N) is 3. The Kier molecular flexibility index (Phi) is 5.39. The summed E-state index contributed by atoms with van der Waals surface area (Å²) in [7, 11) is 5.25. The Balaban J connectivity index is 2.15. The van der Waals surface area contributed by atoms with E-state index in [0.29, 0.717) is 28.8 Å². The van der Waals surface area contributed by atoms with E-state index in [2.05, 4.69) is 15.3 Å². The second-order valence-electron chi connectivity index (χ2n) is 5.22. The number of benzene rings is 1. The molecule has 2 aromatic rings. The van der Waals surface area contributed by atoms with Crippen LogP contribution < -0.4 is 15.0 Å². The Labute approximate surface area is 140 Å². The molecule has 1 N–H and O–H groups in total. The molecule has 1 aromatic heterocycles. The lowest BCUT2D eigenvalue weighted by Crippen LogP contribution is -2.24. The van der Waals surface area contributed by atoms with Crippen molar-refractivity contribution in [1.29, 1.82) is 0 Å². The fourth-order valence-corrected chi connectivity index (χ4v) is 2.20. The maximum Gasteiger partial charge on any atom is 0.255 e. The number of halogens is 1. The third kappa shape index (κ3) is 4.32. The van der Waals surface area contributed by atoms with E-state index in [1.807, 2.05) is 32.0 Å². The van der Waals surface area contributed by atoms with Crippen LogP contribution in [0.4, 0.5) is 5.95 Å². The van der Waals surface area contributed by atoms with Crippen molar-refractivity contribution in [3.8, 4) is 5.75 Å². The van der Waals surface area contributed by atoms with Crippen molar-refractivity contribution >= 4 is 23.5 Å². The largest absolute Gasteiger partial charge is 0.496 e. The van der Waals surface area contributed by atoms with Gasteiger partial charge in [0.1, 0.15) is 5.75 Å². The zero-order valence-corrected chi connectivity index (χ0v) is 14.3. The fraction of sp³-hybridized carbons (Fsp3) is 0.312. The lowest BCUT2D eigenvalue weighted by molar-refractivity contribution is 0.0947. The lowest BCUT2D eigenvalue weighted by Gasteiger charge is -2.13. The second-order valence-corrected chi connectivity index (χ2v) is 5.66. The Morgan fingerprint density at radius 2 is 2.04 bits per heavy atom. The molecule has 0 aliphatic rings. The monoisotopic (exact) mass is 334 g/mol. The van der Waals surface area contributed by atoms with Crippen molar-refractivity contribution in [3.63, 3.8) is 0 Å². The number of carbonyl (C=O) groups is 1. The highest BCUT2D eigenvalue weighted by Crippen LogP contribution is 2.22. The van der Waals surface area contributed by atoms with Gasteiger partial charge in [0.15, 0.2) is 0 Å². The van der Waals surface area contributed by atoms with E-state index in [9.17, 15) is 4.79 Å². The van der Waals surface area contributed by atoms with Crippen molar-refractivity contribution in [1.82, 2.24) is 15.3 Å². The van der Waals surface area contributed by atoms with E-state index in [4.69, 9.17) is 16.3 Å². The molecule has 0 atom stereocenters. The van der Waals surface area contributed by atoms with Crippen molar-refractivity contribution < 1.29 is 9.53 Å². The molecule has 0 saturated heterocycles. The maximum absolute atomic E-state index is 12.4. The minimum absolute atomic E-state index is 0.271. The average Bonchev–Trinajstić information content (AvgIpc) is 2.52. The molecular weight excluding hydrogens is 316 g/mol. The highest BCUT2D eigenvalue weighted by atomic mass is 35.5. The quantitative estimate of drug-likeness (QED) is 0.909. The van der Waals surface area contributed by atoms with Gasteiger partial charge in [-0.25, -0.2) is 9.97 Å². The van der Waals surface area contributed by atoms with Gasteiger partial charge in [-0.05, 0) is 31.2 Å². The summed E-state index contributed by atoms with van der Waals surface area (Å²) < 4.78 is 5.19. The van der Waals surface area contributed by atoms with Gasteiger partial charge in [0.2, 0.25) is 5.95 Å². The Morgan fingerprint density at radius 1 is 1.30 bits per heavy atom. The minimum Gasteiger partial charge on any atom is -0.496 e. The molecule has 7 heteroatoms. The number of hydrogen-bond acceptors (Lipinski definition) is 5. The lowest BCUT2D eigenvalue weighted by atomic mass is 10.2. The van der Waals surface area contributed by atoms with Gasteiger partial charge in [0, 0.05) is 24.8 Å². The van der Waals surface area contributed by atoms with E-state index >= 15 is 0 Å². The number of aromatic nitrogens is 2. The van der Waals surface area contributed by atoms with Crippen LogP contribution in [0.1, 0.15) is 21.7 Å². The van der Waals surface area contributed by atoms with Gasteiger partial charge < -0.3 is 15.0 Å². The number of ether oxygens (including phenoxy) is 1. The van der Waals surface area contributed by atoms with Gasteiger partial charge in [0.25, 0.3) is 5.91 Å². The molecule has 23 heavy (non-hydrogen) atoms. The summed E-state index contributed by atoms with van der Waals surface area (Å²) in [6.07, 6.45) is 0. The Bertz CT molecular complexity index is 719. The SMILES string of the molecule is COc1ccc(Cl)cc1C(=O)NCc1cc(C)nc(N(C)C)n1. The van der Waals surface area contributed by atoms with Crippen LogP contribution in [0, 0.1) is 6.92 Å². The molecule has 122 valence electrons. The smallest absolute Gasteiger partial charge is 0.255 e. The molecule has 0 aliphatic carbocycles. The van der Waals surface area contributed by atoms with Crippen LogP contribution in [0.3, 0.4) is 0 Å². The van der Waals surface area contributed by atoms with Crippen LogP contribution in [0.15, 0.2) is 24.3 Å². The predicted molar refractivity (Wildman–Crippen MR) is 90.3 cm³/mol. The van der Waals surface area contributed by atoms with Gasteiger partial charge in [-0.15, -0.1) is 0 Å². The van der Waals surface area contributed by atoms with Crippen molar-refractivity contribution in [3.05, 3.63) is 46.2 Å². The van der Waals surface area contributed by atoms with Crippen LogP contribution in [-0.2, 0) is 6.54 Å². The molecule has 6 nitrogen and oxygen atoms in total. The molecule has 1 aromatic carbocycles. The fourth-order valence-electron chi connectivity index (χ4n) is 2.03. The van der Waals surface area contributed by atoms with Gasteiger partial charge >= 0.3 is 0 Å². The topological polar surface area (TPSA) is 67.3 Å². The van der Waals surface area contributed by atoms with Gasteiger partial charge in [-0.3, -0.25) is 4.79 Å². The molecule has 0 aliphatic heterocycles. The average molecular weight is 335 g/mol. The molecule has 0 spiro atoms. The predicted octanol–water partition coefficient (Wildman–Crippen LogP) is 2.44. The Hall–Kier alpha value is -2.34. The number of carbonyl (C=O) groups excluding carboxylic acids is 1. The molecule has 0 unspecified atom stereocenters. The first-order chi connectivity index (χ1) is 10.9. The van der Waals surface area contributed by atoms with Crippen molar-refractivity contribution in [2.24, 2.45) is 0 Å². The third-order valence-corrected chi connectivity index (χ3v) is 3.37. The molecule has 1 amide bonds. The van der Waals surface area contributed by atoms with Crippen molar-refractivity contribution in [2.45, 2.75) is 13.5 Å². The number of aryl methyl sites for hydroxylation is 1. The van der Waals surface area contributed by atoms with Crippen LogP contribution in [-0.4, -0.2) is 37.1 Å². The first kappa shape index (κ1) is 17.0. The van der Waals surface area contributed by atoms with E-state index in [1.54, 1.807) is 18.2 Å². The maximum atomic E-state index is 12.4. The number of anilines is 1. The number of hydrogen-bond donors (Lipinski definition) is 1. The number of methoxy groups -OCH3 is 1. The summed E-state index contributed by atoms with van der Waals surface area (Å²) >= 11 is 5.95. The van der Waals surface area contributed by atoms with Gasteiger partial charge in [0.05, 0.1) is 24.9 Å². The molecule has 0 saturated carbocycles. The normalized spacial score (nSPS) is 10.3. The van der Waals surface area contributed by atoms with E-state index < -0.39 is 0 Å². The third-order valence-electron chi connectivity index (χ3n) is 3.13. The second kappa shape index (κ2) is 7.28. The number of rotatable bonds is 5.